The largest absolute Gasteiger partial charge is 0.473 e. The molecule has 2 aliphatic rings. The summed E-state index contributed by atoms with van der Waals surface area (Å²) in [4.78, 5) is 25.7. The maximum Gasteiger partial charge on any atom is 0.251 e. The summed E-state index contributed by atoms with van der Waals surface area (Å²) in [5, 5.41) is 3.04. The van der Waals surface area contributed by atoms with Crippen molar-refractivity contribution in [1.29, 1.82) is 0 Å². The van der Waals surface area contributed by atoms with Crippen LogP contribution in [0.25, 0.3) is 16.9 Å². The van der Waals surface area contributed by atoms with Gasteiger partial charge in [-0.1, -0.05) is 6.07 Å². The Balaban J connectivity index is 1.51. The highest BCUT2D eigenvalue weighted by Crippen LogP contribution is 2.29. The first-order valence-corrected chi connectivity index (χ1v) is 9.95. The Morgan fingerprint density at radius 1 is 1.14 bits per heavy atom. The molecule has 7 nitrogen and oxygen atoms in total. The zero-order chi connectivity index (χ0) is 19.1. The third-order valence-electron chi connectivity index (χ3n) is 5.52. The summed E-state index contributed by atoms with van der Waals surface area (Å²) in [5.41, 5.74) is 3.91. The molecule has 2 fully saturated rings. The number of fused-ring (bicyclic) bond motifs is 1. The fourth-order valence-corrected chi connectivity index (χ4v) is 3.75. The summed E-state index contributed by atoms with van der Waals surface area (Å²) in [6.07, 6.45) is 10.1. The average Bonchev–Trinajstić information content (AvgIpc) is 3.17. The van der Waals surface area contributed by atoms with Gasteiger partial charge in [0.25, 0.3) is 5.91 Å². The van der Waals surface area contributed by atoms with Gasteiger partial charge in [0, 0.05) is 11.6 Å². The zero-order valence-corrected chi connectivity index (χ0v) is 15.9. The molecule has 144 valence electrons. The summed E-state index contributed by atoms with van der Waals surface area (Å²) < 4.78 is 7.99. The molecule has 5 rings (SSSR count). The second-order valence-corrected chi connectivity index (χ2v) is 7.74. The minimum atomic E-state index is -0.0342. The number of hydrogen-bond acceptors (Lipinski definition) is 5. The highest BCUT2D eigenvalue weighted by atomic mass is 16.5. The van der Waals surface area contributed by atoms with Crippen LogP contribution in [-0.2, 0) is 0 Å². The van der Waals surface area contributed by atoms with E-state index in [1.54, 1.807) is 6.33 Å². The van der Waals surface area contributed by atoms with Crippen molar-refractivity contribution in [2.75, 3.05) is 0 Å². The van der Waals surface area contributed by atoms with Crippen LogP contribution in [0.4, 0.5) is 0 Å². The fourth-order valence-electron chi connectivity index (χ4n) is 3.75. The van der Waals surface area contributed by atoms with Crippen molar-refractivity contribution in [1.82, 2.24) is 24.8 Å². The monoisotopic (exact) mass is 377 g/mol. The van der Waals surface area contributed by atoms with E-state index in [4.69, 9.17) is 4.74 Å². The Labute approximate surface area is 163 Å². The quantitative estimate of drug-likeness (QED) is 0.737. The Bertz CT molecular complexity index is 1030. The first kappa shape index (κ1) is 17.2. The number of carbonyl (C=O) groups excluding carboxylic acids is 1. The fraction of sp³-hybridized carbons (Fsp3) is 0.429. The summed E-state index contributed by atoms with van der Waals surface area (Å²) in [7, 11) is 0. The van der Waals surface area contributed by atoms with Crippen molar-refractivity contribution < 1.29 is 9.53 Å². The molecule has 0 saturated heterocycles. The predicted molar refractivity (Wildman–Crippen MR) is 105 cm³/mol. The summed E-state index contributed by atoms with van der Waals surface area (Å²) >= 11 is 0. The molecule has 1 amide bonds. The molecule has 0 bridgehead atoms. The van der Waals surface area contributed by atoms with E-state index in [-0.39, 0.29) is 12.0 Å². The van der Waals surface area contributed by atoms with Crippen LogP contribution in [0.1, 0.15) is 54.4 Å². The van der Waals surface area contributed by atoms with Gasteiger partial charge in [-0.05, 0) is 63.1 Å². The Kier molecular flexibility index (Phi) is 4.22. The number of aryl methyl sites for hydroxylation is 1. The van der Waals surface area contributed by atoms with Crippen molar-refractivity contribution in [2.24, 2.45) is 0 Å². The number of hydrogen-bond donors (Lipinski definition) is 1. The Morgan fingerprint density at radius 3 is 2.75 bits per heavy atom. The van der Waals surface area contributed by atoms with Gasteiger partial charge in [-0.25, -0.2) is 9.97 Å². The number of rotatable bonds is 5. The standard InChI is InChI=1S/C21H23N5O2/c1-13-6-7-14(20(27)25-15-8-9-15)10-17(13)26-12-24-18-19(26)22-11-23-21(18)28-16-4-2-3-5-16/h6-7,10-12,15-16H,2-5,8-9H2,1H3,(H,25,27). The second kappa shape index (κ2) is 6.89. The van der Waals surface area contributed by atoms with Gasteiger partial charge in [-0.15, -0.1) is 0 Å². The van der Waals surface area contributed by atoms with Crippen LogP contribution >= 0.6 is 0 Å². The molecule has 28 heavy (non-hydrogen) atoms. The molecular weight excluding hydrogens is 354 g/mol. The van der Waals surface area contributed by atoms with Crippen LogP contribution in [0.5, 0.6) is 5.88 Å². The summed E-state index contributed by atoms with van der Waals surface area (Å²) in [6.45, 7) is 2.01. The van der Waals surface area contributed by atoms with Crippen molar-refractivity contribution in [2.45, 2.75) is 57.6 Å². The number of imidazole rings is 1. The van der Waals surface area contributed by atoms with E-state index in [0.717, 1.165) is 36.9 Å². The first-order chi connectivity index (χ1) is 13.7. The van der Waals surface area contributed by atoms with Gasteiger partial charge in [0.05, 0.1) is 5.69 Å². The van der Waals surface area contributed by atoms with E-state index in [9.17, 15) is 4.79 Å². The molecule has 2 saturated carbocycles. The average molecular weight is 377 g/mol. The maximum atomic E-state index is 12.5. The summed E-state index contributed by atoms with van der Waals surface area (Å²) in [6, 6.07) is 6.04. The minimum absolute atomic E-state index is 0.0342. The number of nitrogens with zero attached hydrogens (tertiary/aromatic N) is 4. The molecule has 3 aromatic rings. The van der Waals surface area contributed by atoms with Gasteiger partial charge < -0.3 is 10.1 Å². The van der Waals surface area contributed by atoms with Gasteiger partial charge in [-0.3, -0.25) is 9.36 Å². The lowest BCUT2D eigenvalue weighted by Gasteiger charge is -2.13. The van der Waals surface area contributed by atoms with E-state index in [1.807, 2.05) is 29.7 Å². The lowest BCUT2D eigenvalue weighted by Crippen LogP contribution is -2.25. The Hall–Kier alpha value is -2.96. The topological polar surface area (TPSA) is 81.9 Å². The van der Waals surface area contributed by atoms with E-state index in [0.29, 0.717) is 28.6 Å². The van der Waals surface area contributed by atoms with Crippen LogP contribution in [0.2, 0.25) is 0 Å². The molecule has 0 spiro atoms. The van der Waals surface area contributed by atoms with E-state index >= 15 is 0 Å². The minimum Gasteiger partial charge on any atom is -0.473 e. The molecule has 2 heterocycles. The zero-order valence-electron chi connectivity index (χ0n) is 15.9. The van der Waals surface area contributed by atoms with Crippen molar-refractivity contribution >= 4 is 17.1 Å². The van der Waals surface area contributed by atoms with Gasteiger partial charge >= 0.3 is 0 Å². The number of nitrogens with one attached hydrogen (secondary N) is 1. The third-order valence-corrected chi connectivity index (χ3v) is 5.52. The van der Waals surface area contributed by atoms with Crippen LogP contribution in [0, 0.1) is 6.92 Å². The molecule has 0 aliphatic heterocycles. The van der Waals surface area contributed by atoms with Gasteiger partial charge in [-0.2, -0.15) is 4.98 Å². The molecule has 1 aromatic carbocycles. The number of aromatic nitrogens is 4. The predicted octanol–water partition coefficient (Wildman–Crippen LogP) is 3.34. The summed E-state index contributed by atoms with van der Waals surface area (Å²) in [5.74, 6) is 0.504. The number of amides is 1. The SMILES string of the molecule is Cc1ccc(C(=O)NC2CC2)cc1-n1cnc2c(OC3CCCC3)ncnc21. The van der Waals surface area contributed by atoms with E-state index in [2.05, 4.69) is 20.3 Å². The maximum absolute atomic E-state index is 12.5. The van der Waals surface area contributed by atoms with E-state index in [1.165, 1.54) is 19.2 Å². The number of ether oxygens (including phenoxy) is 1. The smallest absolute Gasteiger partial charge is 0.251 e. The van der Waals surface area contributed by atoms with Gasteiger partial charge in [0.15, 0.2) is 11.2 Å². The first-order valence-electron chi connectivity index (χ1n) is 9.95. The van der Waals surface area contributed by atoms with Crippen molar-refractivity contribution in [3.63, 3.8) is 0 Å². The van der Waals surface area contributed by atoms with Gasteiger partial charge in [0.1, 0.15) is 18.8 Å². The lowest BCUT2D eigenvalue weighted by molar-refractivity contribution is 0.0951. The molecule has 1 N–H and O–H groups in total. The molecule has 2 aliphatic carbocycles. The number of benzene rings is 1. The second-order valence-electron chi connectivity index (χ2n) is 7.74. The van der Waals surface area contributed by atoms with Crippen LogP contribution in [-0.4, -0.2) is 37.6 Å². The molecule has 0 radical (unpaired) electrons. The highest BCUT2D eigenvalue weighted by molar-refractivity contribution is 5.95. The molecule has 0 unspecified atom stereocenters. The van der Waals surface area contributed by atoms with E-state index < -0.39 is 0 Å². The molecule has 0 atom stereocenters. The molecule has 7 heteroatoms. The Morgan fingerprint density at radius 2 is 1.96 bits per heavy atom. The van der Waals surface area contributed by atoms with Crippen LogP contribution in [0.15, 0.2) is 30.9 Å². The lowest BCUT2D eigenvalue weighted by atomic mass is 10.1. The molecule has 2 aromatic heterocycles. The third kappa shape index (κ3) is 3.21. The van der Waals surface area contributed by atoms with Crippen molar-refractivity contribution in [3.8, 4) is 11.6 Å². The number of carbonyl (C=O) groups is 1. The van der Waals surface area contributed by atoms with Crippen molar-refractivity contribution in [3.05, 3.63) is 42.0 Å². The van der Waals surface area contributed by atoms with Crippen LogP contribution in [0.3, 0.4) is 0 Å². The normalized spacial score (nSPS) is 17.2. The molecular formula is C21H23N5O2. The highest BCUT2D eigenvalue weighted by Gasteiger charge is 2.24. The van der Waals surface area contributed by atoms with Gasteiger partial charge in [0.2, 0.25) is 5.88 Å². The van der Waals surface area contributed by atoms with Crippen LogP contribution < -0.4 is 10.1 Å².